The quantitative estimate of drug-likeness (QED) is 0.576. The molecule has 2 fully saturated rings. The molecule has 0 heterocycles. The second-order valence-corrected chi connectivity index (χ2v) is 11.3. The smallest absolute Gasteiger partial charge is 0.407 e. The Kier molecular flexibility index (Phi) is 5.61. The summed E-state index contributed by atoms with van der Waals surface area (Å²) >= 11 is 0. The summed E-state index contributed by atoms with van der Waals surface area (Å²) in [6.45, 7) is 5.63. The molecule has 0 radical (unpaired) electrons. The number of carbonyl (C=O) groups excluding carboxylic acids is 2. The Morgan fingerprint density at radius 1 is 1.03 bits per heavy atom. The van der Waals surface area contributed by atoms with Gasteiger partial charge in [-0.15, -0.1) is 0 Å². The molecule has 5 rings (SSSR count). The summed E-state index contributed by atoms with van der Waals surface area (Å²) in [5.74, 6) is -1.10. The topological polar surface area (TPSA) is 105 Å². The third-order valence-electron chi connectivity index (χ3n) is 7.92. The van der Waals surface area contributed by atoms with E-state index in [0.717, 1.165) is 17.5 Å². The summed E-state index contributed by atoms with van der Waals surface area (Å²) in [6.07, 6.45) is 1.46. The number of rotatable bonds is 6. The number of ether oxygens (including phenoxy) is 1. The molecule has 2 amide bonds. The van der Waals surface area contributed by atoms with Crippen molar-refractivity contribution in [1.29, 1.82) is 0 Å². The van der Waals surface area contributed by atoms with Crippen LogP contribution in [0.15, 0.2) is 48.5 Å². The van der Waals surface area contributed by atoms with Gasteiger partial charge in [-0.1, -0.05) is 69.3 Å². The van der Waals surface area contributed by atoms with Crippen LogP contribution in [0.1, 0.15) is 57.1 Å². The molecule has 3 aliphatic carbocycles. The minimum absolute atomic E-state index is 0.00685. The average Bonchev–Trinajstić information content (AvgIpc) is 3.23. The zero-order valence-electron chi connectivity index (χ0n) is 20.3. The molecule has 184 valence electrons. The second-order valence-electron chi connectivity index (χ2n) is 11.3. The fourth-order valence-electron chi connectivity index (χ4n) is 6.02. The van der Waals surface area contributed by atoms with E-state index in [2.05, 4.69) is 34.9 Å². The lowest BCUT2D eigenvalue weighted by molar-refractivity contribution is -0.146. The summed E-state index contributed by atoms with van der Waals surface area (Å²) in [5.41, 5.74) is 3.49. The first kappa shape index (κ1) is 23.4. The SMILES string of the molecule is CC(C)(C)[C@@H](NC(=O)[C@@]12C[C@@H](NC(=O)OCC3c4ccccc4-c4ccccc43)C[C@@H]1C2)C(=O)O. The molecule has 2 aromatic rings. The highest BCUT2D eigenvalue weighted by Crippen LogP contribution is 2.63. The highest BCUT2D eigenvalue weighted by Gasteiger charge is 2.65. The van der Waals surface area contributed by atoms with Gasteiger partial charge in [0.05, 0.1) is 5.41 Å². The van der Waals surface area contributed by atoms with Crippen LogP contribution in [0.3, 0.4) is 0 Å². The molecule has 7 nitrogen and oxygen atoms in total. The van der Waals surface area contributed by atoms with Crippen LogP contribution in [-0.2, 0) is 14.3 Å². The van der Waals surface area contributed by atoms with Gasteiger partial charge < -0.3 is 20.5 Å². The van der Waals surface area contributed by atoms with Crippen molar-refractivity contribution >= 4 is 18.0 Å². The lowest BCUT2D eigenvalue weighted by Crippen LogP contribution is -2.51. The molecule has 2 saturated carbocycles. The highest BCUT2D eigenvalue weighted by molar-refractivity contribution is 5.90. The normalized spacial score (nSPS) is 25.1. The molecule has 7 heteroatoms. The number of carboxylic acids is 1. The van der Waals surface area contributed by atoms with Crippen molar-refractivity contribution in [1.82, 2.24) is 10.6 Å². The number of fused-ring (bicyclic) bond motifs is 4. The molecular formula is C28H32N2O5. The van der Waals surface area contributed by atoms with Crippen LogP contribution in [0.2, 0.25) is 0 Å². The Morgan fingerprint density at radius 2 is 1.63 bits per heavy atom. The lowest BCUT2D eigenvalue weighted by Gasteiger charge is -2.29. The maximum Gasteiger partial charge on any atom is 0.407 e. The first-order valence-electron chi connectivity index (χ1n) is 12.3. The maximum atomic E-state index is 13.0. The summed E-state index contributed by atoms with van der Waals surface area (Å²) in [4.78, 5) is 37.3. The van der Waals surface area contributed by atoms with Gasteiger partial charge in [-0.05, 0) is 52.8 Å². The number of carboxylic acid groups (broad SMARTS) is 1. The number of alkyl carbamates (subject to hydrolysis) is 1. The third-order valence-corrected chi connectivity index (χ3v) is 7.92. The van der Waals surface area contributed by atoms with Gasteiger partial charge in [0.15, 0.2) is 0 Å². The maximum absolute atomic E-state index is 13.0. The number of hydrogen-bond donors (Lipinski definition) is 3. The van der Waals surface area contributed by atoms with E-state index in [4.69, 9.17) is 4.74 Å². The summed E-state index contributed by atoms with van der Waals surface area (Å²) in [6, 6.07) is 15.3. The van der Waals surface area contributed by atoms with Crippen molar-refractivity contribution in [3.05, 3.63) is 59.7 Å². The zero-order valence-corrected chi connectivity index (χ0v) is 20.3. The number of amides is 2. The molecule has 0 spiro atoms. The number of benzene rings is 2. The lowest BCUT2D eigenvalue weighted by atomic mass is 9.86. The van der Waals surface area contributed by atoms with Crippen molar-refractivity contribution in [3.8, 4) is 11.1 Å². The molecule has 0 unspecified atom stereocenters. The number of nitrogens with one attached hydrogen (secondary N) is 2. The minimum Gasteiger partial charge on any atom is -0.480 e. The van der Waals surface area contributed by atoms with Crippen LogP contribution < -0.4 is 10.6 Å². The molecule has 2 aromatic carbocycles. The van der Waals surface area contributed by atoms with E-state index in [-0.39, 0.29) is 30.4 Å². The van der Waals surface area contributed by atoms with Crippen molar-refractivity contribution in [2.24, 2.45) is 16.7 Å². The molecule has 0 bridgehead atoms. The van der Waals surface area contributed by atoms with Gasteiger partial charge in [0, 0.05) is 12.0 Å². The van der Waals surface area contributed by atoms with Gasteiger partial charge in [0.1, 0.15) is 12.6 Å². The largest absolute Gasteiger partial charge is 0.480 e. The van der Waals surface area contributed by atoms with Gasteiger partial charge in [-0.3, -0.25) is 4.79 Å². The Hall–Kier alpha value is -3.35. The molecule has 0 aromatic heterocycles. The number of hydrogen-bond acceptors (Lipinski definition) is 4. The molecule has 4 atom stereocenters. The Balaban J connectivity index is 1.18. The van der Waals surface area contributed by atoms with Crippen molar-refractivity contribution in [2.45, 2.75) is 58.0 Å². The van der Waals surface area contributed by atoms with Crippen LogP contribution >= 0.6 is 0 Å². The van der Waals surface area contributed by atoms with Crippen LogP contribution in [-0.4, -0.2) is 41.8 Å². The first-order valence-corrected chi connectivity index (χ1v) is 12.3. The van der Waals surface area contributed by atoms with Crippen molar-refractivity contribution in [2.75, 3.05) is 6.61 Å². The van der Waals surface area contributed by atoms with E-state index in [1.807, 2.05) is 24.3 Å². The number of aliphatic carboxylic acids is 1. The Morgan fingerprint density at radius 3 is 2.20 bits per heavy atom. The Labute approximate surface area is 205 Å². The Bertz CT molecular complexity index is 1140. The number of carbonyl (C=O) groups is 3. The van der Waals surface area contributed by atoms with E-state index in [0.29, 0.717) is 12.8 Å². The molecule has 0 saturated heterocycles. The second kappa shape index (κ2) is 8.40. The van der Waals surface area contributed by atoms with Gasteiger partial charge in [-0.2, -0.15) is 0 Å². The van der Waals surface area contributed by atoms with E-state index in [9.17, 15) is 19.5 Å². The van der Waals surface area contributed by atoms with Crippen LogP contribution in [0.4, 0.5) is 4.79 Å². The van der Waals surface area contributed by atoms with E-state index in [1.165, 1.54) is 11.1 Å². The van der Waals surface area contributed by atoms with Gasteiger partial charge in [-0.25, -0.2) is 9.59 Å². The van der Waals surface area contributed by atoms with Crippen LogP contribution in [0.25, 0.3) is 11.1 Å². The fourth-order valence-corrected chi connectivity index (χ4v) is 6.02. The molecule has 0 aliphatic heterocycles. The van der Waals surface area contributed by atoms with E-state index >= 15 is 0 Å². The standard InChI is InChI=1S/C28H32N2O5/c1-27(2,3)23(24(31)32)30-25(33)28-13-16(28)12-17(14-28)29-26(34)35-15-22-20-10-6-4-8-18(20)19-9-5-7-11-21(19)22/h4-11,16-17,22-23H,12-15H2,1-3H3,(H,29,34)(H,30,33)(H,31,32)/t16-,17+,23+,28+/m1/s1. The van der Waals surface area contributed by atoms with Gasteiger partial charge >= 0.3 is 12.1 Å². The predicted molar refractivity (Wildman–Crippen MR) is 131 cm³/mol. The first-order chi connectivity index (χ1) is 16.6. The average molecular weight is 477 g/mol. The fraction of sp³-hybridized carbons (Fsp3) is 0.464. The van der Waals surface area contributed by atoms with Crippen molar-refractivity contribution < 1.29 is 24.2 Å². The monoisotopic (exact) mass is 476 g/mol. The summed E-state index contributed by atoms with van der Waals surface area (Å²) in [5, 5.41) is 15.2. The van der Waals surface area contributed by atoms with E-state index < -0.39 is 28.9 Å². The summed E-state index contributed by atoms with van der Waals surface area (Å²) in [7, 11) is 0. The minimum atomic E-state index is -1.04. The molecule has 3 aliphatic rings. The van der Waals surface area contributed by atoms with Crippen LogP contribution in [0, 0.1) is 16.7 Å². The predicted octanol–water partition coefficient (Wildman–Crippen LogP) is 4.31. The van der Waals surface area contributed by atoms with Gasteiger partial charge in [0.2, 0.25) is 5.91 Å². The highest BCUT2D eigenvalue weighted by atomic mass is 16.5. The third kappa shape index (κ3) is 4.17. The van der Waals surface area contributed by atoms with Crippen LogP contribution in [0.5, 0.6) is 0 Å². The van der Waals surface area contributed by atoms with E-state index in [1.54, 1.807) is 20.8 Å². The zero-order chi connectivity index (χ0) is 25.0. The van der Waals surface area contributed by atoms with Crippen molar-refractivity contribution in [3.63, 3.8) is 0 Å². The summed E-state index contributed by atoms with van der Waals surface area (Å²) < 4.78 is 5.66. The van der Waals surface area contributed by atoms with Gasteiger partial charge in [0.25, 0.3) is 0 Å². The molecular weight excluding hydrogens is 444 g/mol. The molecule has 35 heavy (non-hydrogen) atoms. The molecule has 3 N–H and O–H groups in total.